The van der Waals surface area contributed by atoms with Gasteiger partial charge in [-0.25, -0.2) is 4.98 Å². The Kier molecular flexibility index (Phi) is 9.29. The summed E-state index contributed by atoms with van der Waals surface area (Å²) in [6, 6.07) is 13.6. The molecule has 0 fully saturated rings. The fraction of sp³-hybridized carbons (Fsp3) is 0.382. The van der Waals surface area contributed by atoms with E-state index in [9.17, 15) is 14.4 Å². The van der Waals surface area contributed by atoms with Crippen molar-refractivity contribution in [2.75, 3.05) is 37.3 Å². The van der Waals surface area contributed by atoms with E-state index in [0.29, 0.717) is 29.5 Å². The molecule has 4 heterocycles. The molecule has 3 amide bonds. The zero-order valence-electron chi connectivity index (χ0n) is 26.7. The Bertz CT molecular complexity index is 1790. The first kappa shape index (κ1) is 31.6. The number of benzene rings is 2. The minimum Gasteiger partial charge on any atom is -0.355 e. The van der Waals surface area contributed by atoms with Crippen molar-refractivity contribution in [2.24, 2.45) is 0 Å². The fourth-order valence-electron chi connectivity index (χ4n) is 6.19. The van der Waals surface area contributed by atoms with Crippen LogP contribution in [0.15, 0.2) is 42.5 Å². The van der Waals surface area contributed by atoms with Gasteiger partial charge in [-0.05, 0) is 74.2 Å². The topological polar surface area (TPSA) is 133 Å². The fourth-order valence-corrected chi connectivity index (χ4v) is 7.28. The maximum absolute atomic E-state index is 13.4. The number of anilines is 2. The highest BCUT2D eigenvalue weighted by atomic mass is 32.1. The predicted molar refractivity (Wildman–Crippen MR) is 180 cm³/mol. The van der Waals surface area contributed by atoms with Crippen LogP contribution < -0.4 is 21.3 Å². The van der Waals surface area contributed by atoms with Crippen LogP contribution in [-0.4, -0.2) is 64.1 Å². The van der Waals surface area contributed by atoms with E-state index in [1.54, 1.807) is 0 Å². The smallest absolute Gasteiger partial charge is 0.284 e. The number of thiazole rings is 1. The molecule has 2 aromatic carbocycles. The highest BCUT2D eigenvalue weighted by molar-refractivity contribution is 7.13. The molecule has 11 nitrogen and oxygen atoms in total. The van der Waals surface area contributed by atoms with Crippen molar-refractivity contribution in [3.8, 4) is 11.1 Å². The number of nitrogens with one attached hydrogen (secondary N) is 4. The third-order valence-electron chi connectivity index (χ3n) is 8.72. The van der Waals surface area contributed by atoms with E-state index in [4.69, 9.17) is 0 Å². The van der Waals surface area contributed by atoms with Crippen LogP contribution in [0, 0.1) is 13.8 Å². The summed E-state index contributed by atoms with van der Waals surface area (Å²) in [5, 5.41) is 17.5. The van der Waals surface area contributed by atoms with Gasteiger partial charge in [-0.2, -0.15) is 5.10 Å². The number of nitrogens with zero attached hydrogens (tertiary/aromatic N) is 4. The second-order valence-electron chi connectivity index (χ2n) is 12.1. The normalized spacial score (nSPS) is 16.0. The van der Waals surface area contributed by atoms with E-state index >= 15 is 0 Å². The Labute approximate surface area is 272 Å². The second kappa shape index (κ2) is 13.5. The molecule has 2 aliphatic heterocycles. The van der Waals surface area contributed by atoms with E-state index in [-0.39, 0.29) is 23.8 Å². The van der Waals surface area contributed by atoms with Crippen molar-refractivity contribution in [3.63, 3.8) is 0 Å². The van der Waals surface area contributed by atoms with Gasteiger partial charge in [-0.3, -0.25) is 19.1 Å². The average molecular weight is 641 g/mol. The van der Waals surface area contributed by atoms with E-state index in [1.807, 2.05) is 61.0 Å². The SMILES string of the molecule is CC(=O)NCCNC1CCCn2nc(C(=O)Nc3cccc(-c4cccc(NC(=O)c5nc6c(s5)CN(C)CC6)c4C)c3C)cc21. The van der Waals surface area contributed by atoms with Gasteiger partial charge in [-0.15, -0.1) is 11.3 Å². The van der Waals surface area contributed by atoms with Crippen molar-refractivity contribution in [3.05, 3.63) is 80.6 Å². The molecule has 0 radical (unpaired) electrons. The lowest BCUT2D eigenvalue weighted by Crippen LogP contribution is -2.34. The first-order valence-electron chi connectivity index (χ1n) is 15.7. The molecule has 2 aliphatic rings. The van der Waals surface area contributed by atoms with Crippen molar-refractivity contribution >= 4 is 40.4 Å². The number of carbonyl (C=O) groups is 3. The molecular formula is C34H40N8O3S. The molecule has 240 valence electrons. The quantitative estimate of drug-likeness (QED) is 0.195. The highest BCUT2D eigenvalue weighted by Gasteiger charge is 2.25. The maximum Gasteiger partial charge on any atom is 0.284 e. The largest absolute Gasteiger partial charge is 0.355 e. The van der Waals surface area contributed by atoms with Crippen molar-refractivity contribution in [1.82, 2.24) is 30.3 Å². The number of carbonyl (C=O) groups excluding carboxylic acids is 3. The minimum absolute atomic E-state index is 0.0542. The molecule has 1 unspecified atom stereocenters. The summed E-state index contributed by atoms with van der Waals surface area (Å²) in [4.78, 5) is 45.9. The van der Waals surface area contributed by atoms with Crippen LogP contribution in [0.2, 0.25) is 0 Å². The number of hydrogen-bond donors (Lipinski definition) is 4. The summed E-state index contributed by atoms with van der Waals surface area (Å²) >= 11 is 1.47. The molecule has 1 atom stereocenters. The Morgan fingerprint density at radius 3 is 2.35 bits per heavy atom. The molecule has 0 spiro atoms. The van der Waals surface area contributed by atoms with Gasteiger partial charge < -0.3 is 26.2 Å². The molecule has 0 bridgehead atoms. The van der Waals surface area contributed by atoms with Crippen LogP contribution in [-0.2, 0) is 24.3 Å². The van der Waals surface area contributed by atoms with Crippen LogP contribution in [0.25, 0.3) is 11.1 Å². The Balaban J connectivity index is 1.17. The van der Waals surface area contributed by atoms with Crippen molar-refractivity contribution in [2.45, 2.75) is 59.2 Å². The molecule has 6 rings (SSSR count). The van der Waals surface area contributed by atoms with E-state index < -0.39 is 0 Å². The molecule has 46 heavy (non-hydrogen) atoms. The summed E-state index contributed by atoms with van der Waals surface area (Å²) in [7, 11) is 2.08. The molecule has 0 saturated heterocycles. The number of fused-ring (bicyclic) bond motifs is 2. The zero-order chi connectivity index (χ0) is 32.4. The second-order valence-corrected chi connectivity index (χ2v) is 13.1. The van der Waals surface area contributed by atoms with Gasteiger partial charge in [0, 0.05) is 68.4 Å². The standard InChI is InChI=1S/C34H40N8O3S/c1-20-23(24-9-6-11-26(21(24)2)38-33(45)34-39-28-13-17-41(4)19-31(28)46-34)8-5-10-25(20)37-32(44)29-18-30-27(12-7-16-42(30)40-29)36-15-14-35-22(3)43/h5-6,8-11,18,27,36H,7,12-17,19H2,1-4H3,(H,35,43)(H,37,44)(H,38,45). The summed E-state index contributed by atoms with van der Waals surface area (Å²) in [6.45, 7) is 9.19. The van der Waals surface area contributed by atoms with Gasteiger partial charge in [0.05, 0.1) is 11.4 Å². The molecule has 0 aliphatic carbocycles. The Hall–Kier alpha value is -4.39. The van der Waals surface area contributed by atoms with Crippen LogP contribution in [0.1, 0.15) is 73.5 Å². The van der Waals surface area contributed by atoms with Gasteiger partial charge >= 0.3 is 0 Å². The van der Waals surface area contributed by atoms with Gasteiger partial charge in [0.15, 0.2) is 10.7 Å². The number of aromatic nitrogens is 3. The minimum atomic E-state index is -0.269. The van der Waals surface area contributed by atoms with E-state index in [0.717, 1.165) is 83.1 Å². The monoisotopic (exact) mass is 640 g/mol. The Morgan fingerprint density at radius 2 is 1.65 bits per heavy atom. The number of likely N-dealkylation sites (N-methyl/N-ethyl adjacent to an activating group) is 1. The molecular weight excluding hydrogens is 600 g/mol. The van der Waals surface area contributed by atoms with Gasteiger partial charge in [0.1, 0.15) is 0 Å². The summed E-state index contributed by atoms with van der Waals surface area (Å²) in [5.41, 5.74) is 7.58. The van der Waals surface area contributed by atoms with Crippen LogP contribution >= 0.6 is 11.3 Å². The number of amides is 3. The highest BCUT2D eigenvalue weighted by Crippen LogP contribution is 2.35. The molecule has 2 aromatic heterocycles. The lowest BCUT2D eigenvalue weighted by molar-refractivity contribution is -0.118. The molecule has 4 N–H and O–H groups in total. The molecule has 4 aromatic rings. The van der Waals surface area contributed by atoms with E-state index in [2.05, 4.69) is 43.3 Å². The van der Waals surface area contributed by atoms with Gasteiger partial charge in [-0.1, -0.05) is 24.3 Å². The number of aryl methyl sites for hydroxylation is 1. The predicted octanol–water partition coefficient (Wildman–Crippen LogP) is 4.68. The lowest BCUT2D eigenvalue weighted by Gasteiger charge is -2.24. The number of hydrogen-bond acceptors (Lipinski definition) is 8. The zero-order valence-corrected chi connectivity index (χ0v) is 27.5. The molecule has 0 saturated carbocycles. The van der Waals surface area contributed by atoms with Crippen molar-refractivity contribution in [1.29, 1.82) is 0 Å². The van der Waals surface area contributed by atoms with E-state index in [1.165, 1.54) is 18.3 Å². The maximum atomic E-state index is 13.4. The summed E-state index contributed by atoms with van der Waals surface area (Å²) < 4.78 is 1.90. The van der Waals surface area contributed by atoms with Crippen LogP contribution in [0.4, 0.5) is 11.4 Å². The van der Waals surface area contributed by atoms with Gasteiger partial charge in [0.2, 0.25) is 5.91 Å². The van der Waals surface area contributed by atoms with Crippen LogP contribution in [0.5, 0.6) is 0 Å². The Morgan fingerprint density at radius 1 is 0.957 bits per heavy atom. The summed E-state index contributed by atoms with van der Waals surface area (Å²) in [5.74, 6) is -0.524. The van der Waals surface area contributed by atoms with Gasteiger partial charge in [0.25, 0.3) is 11.8 Å². The number of rotatable bonds is 9. The lowest BCUT2D eigenvalue weighted by atomic mass is 9.94. The molecule has 12 heteroatoms. The van der Waals surface area contributed by atoms with Crippen molar-refractivity contribution < 1.29 is 14.4 Å². The first-order chi connectivity index (χ1) is 22.2. The summed E-state index contributed by atoms with van der Waals surface area (Å²) in [6.07, 6.45) is 2.76. The third kappa shape index (κ3) is 6.74. The third-order valence-corrected chi connectivity index (χ3v) is 9.80. The average Bonchev–Trinajstić information content (AvgIpc) is 3.66. The van der Waals surface area contributed by atoms with Crippen LogP contribution in [0.3, 0.4) is 0 Å². The first-order valence-corrected chi connectivity index (χ1v) is 16.5.